The van der Waals surface area contributed by atoms with Gasteiger partial charge in [-0.05, 0) is 54.9 Å². The first-order chi connectivity index (χ1) is 9.70. The van der Waals surface area contributed by atoms with Gasteiger partial charge in [-0.1, -0.05) is 0 Å². The SMILES string of the molecule is CCN(CC)C(=O)C(C)Nc1ccc(C(F)(F)F)cc1Br. The van der Waals surface area contributed by atoms with Gasteiger partial charge in [0.25, 0.3) is 0 Å². The van der Waals surface area contributed by atoms with Crippen LogP contribution in [-0.4, -0.2) is 29.9 Å². The van der Waals surface area contributed by atoms with Crippen molar-refractivity contribution in [3.63, 3.8) is 0 Å². The molecule has 1 N–H and O–H groups in total. The number of carbonyl (C=O) groups is 1. The summed E-state index contributed by atoms with van der Waals surface area (Å²) in [5, 5.41) is 2.93. The van der Waals surface area contributed by atoms with E-state index in [0.29, 0.717) is 18.8 Å². The minimum absolute atomic E-state index is 0.0909. The zero-order valence-corrected chi connectivity index (χ0v) is 13.7. The summed E-state index contributed by atoms with van der Waals surface area (Å²) in [5.41, 5.74) is -0.279. The molecule has 3 nitrogen and oxygen atoms in total. The third-order valence-corrected chi connectivity index (χ3v) is 3.77. The van der Waals surface area contributed by atoms with Gasteiger partial charge < -0.3 is 10.2 Å². The van der Waals surface area contributed by atoms with Crippen molar-refractivity contribution in [2.75, 3.05) is 18.4 Å². The summed E-state index contributed by atoms with van der Waals surface area (Å²) in [6.07, 6.45) is -4.39. The van der Waals surface area contributed by atoms with Crippen LogP contribution in [0.1, 0.15) is 26.3 Å². The lowest BCUT2D eigenvalue weighted by Crippen LogP contribution is -2.41. The lowest BCUT2D eigenvalue weighted by Gasteiger charge is -2.24. The number of benzene rings is 1. The number of likely N-dealkylation sites (N-methyl/N-ethyl adjacent to an activating group) is 1. The van der Waals surface area contributed by atoms with Crippen LogP contribution >= 0.6 is 15.9 Å². The zero-order chi connectivity index (χ0) is 16.2. The average molecular weight is 367 g/mol. The van der Waals surface area contributed by atoms with Crippen molar-refractivity contribution >= 4 is 27.5 Å². The second kappa shape index (κ2) is 7.15. The first-order valence-corrected chi connectivity index (χ1v) is 7.42. The Hall–Kier alpha value is -1.24. The number of rotatable bonds is 5. The van der Waals surface area contributed by atoms with Gasteiger partial charge >= 0.3 is 6.18 Å². The largest absolute Gasteiger partial charge is 0.416 e. The minimum Gasteiger partial charge on any atom is -0.373 e. The van der Waals surface area contributed by atoms with Gasteiger partial charge in [-0.25, -0.2) is 0 Å². The highest BCUT2D eigenvalue weighted by molar-refractivity contribution is 9.10. The predicted octanol–water partition coefficient (Wildman–Crippen LogP) is 4.14. The van der Waals surface area contributed by atoms with Gasteiger partial charge in [0.05, 0.1) is 5.56 Å². The lowest BCUT2D eigenvalue weighted by molar-refractivity contribution is -0.137. The molecular formula is C14H18BrF3N2O. The zero-order valence-electron chi connectivity index (χ0n) is 12.1. The second-order valence-electron chi connectivity index (χ2n) is 4.57. The molecule has 1 aromatic rings. The fourth-order valence-electron chi connectivity index (χ4n) is 1.91. The Labute approximate surface area is 130 Å². The van der Waals surface area contributed by atoms with E-state index >= 15 is 0 Å². The first kappa shape index (κ1) is 17.8. The highest BCUT2D eigenvalue weighted by atomic mass is 79.9. The Bertz CT molecular complexity index is 501. The maximum atomic E-state index is 12.6. The summed E-state index contributed by atoms with van der Waals surface area (Å²) < 4.78 is 38.0. The summed E-state index contributed by atoms with van der Waals surface area (Å²) >= 11 is 3.10. The summed E-state index contributed by atoms with van der Waals surface area (Å²) in [5.74, 6) is -0.0909. The van der Waals surface area contributed by atoms with Gasteiger partial charge in [0, 0.05) is 23.2 Å². The Morgan fingerprint density at radius 1 is 1.33 bits per heavy atom. The molecule has 0 aliphatic rings. The van der Waals surface area contributed by atoms with Gasteiger partial charge in [-0.3, -0.25) is 4.79 Å². The van der Waals surface area contributed by atoms with Gasteiger partial charge in [-0.15, -0.1) is 0 Å². The number of carbonyl (C=O) groups excluding carboxylic acids is 1. The number of amides is 1. The molecule has 118 valence electrons. The molecule has 0 radical (unpaired) electrons. The van der Waals surface area contributed by atoms with E-state index in [0.717, 1.165) is 12.1 Å². The van der Waals surface area contributed by atoms with Crippen LogP contribution in [0, 0.1) is 0 Å². The number of anilines is 1. The Balaban J connectivity index is 2.86. The van der Waals surface area contributed by atoms with Crippen molar-refractivity contribution < 1.29 is 18.0 Å². The molecule has 1 aromatic carbocycles. The highest BCUT2D eigenvalue weighted by Gasteiger charge is 2.31. The number of hydrogen-bond donors (Lipinski definition) is 1. The minimum atomic E-state index is -4.39. The van der Waals surface area contributed by atoms with Gasteiger partial charge in [0.1, 0.15) is 6.04 Å². The van der Waals surface area contributed by atoms with Crippen LogP contribution in [0.15, 0.2) is 22.7 Å². The van der Waals surface area contributed by atoms with E-state index in [2.05, 4.69) is 21.2 Å². The van der Waals surface area contributed by atoms with Crippen LogP contribution in [-0.2, 0) is 11.0 Å². The molecule has 0 bridgehead atoms. The number of nitrogens with one attached hydrogen (secondary N) is 1. The number of hydrogen-bond acceptors (Lipinski definition) is 2. The summed E-state index contributed by atoms with van der Waals surface area (Å²) in [4.78, 5) is 13.8. The van der Waals surface area contributed by atoms with Crippen LogP contribution in [0.5, 0.6) is 0 Å². The van der Waals surface area contributed by atoms with Gasteiger partial charge in [0.2, 0.25) is 5.91 Å². The molecule has 1 unspecified atom stereocenters. The fraction of sp³-hybridized carbons (Fsp3) is 0.500. The lowest BCUT2D eigenvalue weighted by atomic mass is 10.2. The van der Waals surface area contributed by atoms with Crippen molar-refractivity contribution in [1.82, 2.24) is 4.90 Å². The van der Waals surface area contributed by atoms with Crippen molar-refractivity contribution in [2.24, 2.45) is 0 Å². The van der Waals surface area contributed by atoms with E-state index in [1.165, 1.54) is 6.07 Å². The molecule has 0 aliphatic carbocycles. The predicted molar refractivity (Wildman–Crippen MR) is 80.2 cm³/mol. The van der Waals surface area contributed by atoms with E-state index in [-0.39, 0.29) is 10.4 Å². The number of halogens is 4. The van der Waals surface area contributed by atoms with Crippen LogP contribution in [0.3, 0.4) is 0 Å². The molecular weight excluding hydrogens is 349 g/mol. The fourth-order valence-corrected chi connectivity index (χ4v) is 2.41. The molecule has 0 aliphatic heterocycles. The third kappa shape index (κ3) is 4.62. The highest BCUT2D eigenvalue weighted by Crippen LogP contribution is 2.34. The second-order valence-corrected chi connectivity index (χ2v) is 5.42. The Morgan fingerprint density at radius 3 is 2.33 bits per heavy atom. The standard InChI is InChI=1S/C14H18BrF3N2O/c1-4-20(5-2)13(21)9(3)19-12-7-6-10(8-11(12)15)14(16,17)18/h6-9,19H,4-5H2,1-3H3. The average Bonchev–Trinajstić information content (AvgIpc) is 2.41. The smallest absolute Gasteiger partial charge is 0.373 e. The van der Waals surface area contributed by atoms with Crippen LogP contribution in [0.2, 0.25) is 0 Å². The monoisotopic (exact) mass is 366 g/mol. The molecule has 0 aromatic heterocycles. The summed E-state index contributed by atoms with van der Waals surface area (Å²) in [7, 11) is 0. The van der Waals surface area contributed by atoms with Crippen LogP contribution in [0.25, 0.3) is 0 Å². The van der Waals surface area contributed by atoms with Crippen molar-refractivity contribution in [3.05, 3.63) is 28.2 Å². The number of nitrogens with zero attached hydrogens (tertiary/aromatic N) is 1. The van der Waals surface area contributed by atoms with Crippen LogP contribution < -0.4 is 5.32 Å². The molecule has 0 saturated heterocycles. The molecule has 0 saturated carbocycles. The molecule has 1 amide bonds. The molecule has 1 atom stereocenters. The van der Waals surface area contributed by atoms with E-state index < -0.39 is 17.8 Å². The van der Waals surface area contributed by atoms with E-state index in [9.17, 15) is 18.0 Å². The van der Waals surface area contributed by atoms with Crippen molar-refractivity contribution in [3.8, 4) is 0 Å². The van der Waals surface area contributed by atoms with Gasteiger partial charge in [0.15, 0.2) is 0 Å². The topological polar surface area (TPSA) is 32.3 Å². The van der Waals surface area contributed by atoms with E-state index in [4.69, 9.17) is 0 Å². The maximum Gasteiger partial charge on any atom is 0.416 e. The molecule has 0 fully saturated rings. The maximum absolute atomic E-state index is 12.6. The van der Waals surface area contributed by atoms with E-state index in [1.54, 1.807) is 11.8 Å². The quantitative estimate of drug-likeness (QED) is 0.849. The van der Waals surface area contributed by atoms with Crippen molar-refractivity contribution in [2.45, 2.75) is 33.0 Å². The normalized spacial score (nSPS) is 12.9. The Morgan fingerprint density at radius 2 is 1.90 bits per heavy atom. The van der Waals surface area contributed by atoms with Crippen LogP contribution in [0.4, 0.5) is 18.9 Å². The Kier molecular flexibility index (Phi) is 6.07. The first-order valence-electron chi connectivity index (χ1n) is 6.62. The third-order valence-electron chi connectivity index (χ3n) is 3.11. The molecule has 1 rings (SSSR count). The number of alkyl halides is 3. The molecule has 0 heterocycles. The molecule has 0 spiro atoms. The summed E-state index contributed by atoms with van der Waals surface area (Å²) in [6, 6.07) is 2.79. The van der Waals surface area contributed by atoms with Gasteiger partial charge in [-0.2, -0.15) is 13.2 Å². The molecule has 7 heteroatoms. The molecule has 21 heavy (non-hydrogen) atoms. The van der Waals surface area contributed by atoms with E-state index in [1.807, 2.05) is 13.8 Å². The van der Waals surface area contributed by atoms with Crippen molar-refractivity contribution in [1.29, 1.82) is 0 Å². The summed E-state index contributed by atoms with van der Waals surface area (Å²) in [6.45, 7) is 6.63.